The Hall–Kier alpha value is -2.82. The van der Waals surface area contributed by atoms with Gasteiger partial charge in [-0.1, -0.05) is 12.1 Å². The van der Waals surface area contributed by atoms with E-state index in [2.05, 4.69) is 0 Å². The molecule has 2 heterocycles. The van der Waals surface area contributed by atoms with Gasteiger partial charge in [0.1, 0.15) is 29.5 Å². The third-order valence-electron chi connectivity index (χ3n) is 5.42. The highest BCUT2D eigenvalue weighted by atomic mass is 32.2. The van der Waals surface area contributed by atoms with Crippen LogP contribution in [0.3, 0.4) is 0 Å². The van der Waals surface area contributed by atoms with Gasteiger partial charge < -0.3 is 15.2 Å². The first-order valence-electron chi connectivity index (χ1n) is 10.2. The van der Waals surface area contributed by atoms with Crippen LogP contribution in [0.15, 0.2) is 64.7 Å². The second-order valence-electron chi connectivity index (χ2n) is 7.59. The van der Waals surface area contributed by atoms with Gasteiger partial charge in [-0.25, -0.2) is 4.79 Å². The second-order valence-corrected chi connectivity index (χ2v) is 9.75. The first-order chi connectivity index (χ1) is 15.9. The third-order valence-corrected chi connectivity index (χ3v) is 7.88. The molecular formula is C23H24N3O5S2+. The zero-order valence-corrected chi connectivity index (χ0v) is 19.9. The topological polar surface area (TPSA) is 102 Å². The Morgan fingerprint density at radius 1 is 1.21 bits per heavy atom. The lowest BCUT2D eigenvalue weighted by Crippen LogP contribution is -2.68. The minimum Gasteiger partial charge on any atom is -0.497 e. The van der Waals surface area contributed by atoms with Gasteiger partial charge >= 0.3 is 5.97 Å². The molecule has 0 radical (unpaired) electrons. The Morgan fingerprint density at radius 3 is 2.55 bits per heavy atom. The van der Waals surface area contributed by atoms with E-state index in [0.29, 0.717) is 28.6 Å². The van der Waals surface area contributed by atoms with Crippen molar-refractivity contribution in [3.8, 4) is 5.75 Å². The van der Waals surface area contributed by atoms with E-state index in [9.17, 15) is 14.5 Å². The molecule has 0 aliphatic carbocycles. The predicted octanol–water partition coefficient (Wildman–Crippen LogP) is 3.07. The van der Waals surface area contributed by atoms with Crippen LogP contribution in [-0.4, -0.2) is 58.6 Å². The minimum atomic E-state index is -0.606. The molecule has 2 aliphatic heterocycles. The number of hydrogen-bond donors (Lipinski definition) is 1. The minimum absolute atomic E-state index is 0.0861. The number of nitrogens with two attached hydrogens (primary N) is 1. The van der Waals surface area contributed by atoms with Crippen molar-refractivity contribution >= 4 is 41.1 Å². The van der Waals surface area contributed by atoms with Crippen LogP contribution < -0.4 is 10.5 Å². The second kappa shape index (κ2) is 9.98. The number of methoxy groups -OCH3 is 1. The van der Waals surface area contributed by atoms with Gasteiger partial charge in [0, 0.05) is 38.2 Å². The number of thioether (sulfide) groups is 2. The Kier molecular flexibility index (Phi) is 7.06. The number of hydrogen-bond acceptors (Lipinski definition) is 8. The van der Waals surface area contributed by atoms with Crippen molar-refractivity contribution in [2.75, 3.05) is 25.7 Å². The Balaban J connectivity index is 1.50. The van der Waals surface area contributed by atoms with Gasteiger partial charge in [0.2, 0.25) is 5.91 Å². The number of nitroso groups, excluding NO2 is 1. The maximum Gasteiger partial charge on any atom is 0.355 e. The molecule has 2 aromatic carbocycles. The van der Waals surface area contributed by atoms with E-state index in [4.69, 9.17) is 15.2 Å². The lowest BCUT2D eigenvalue weighted by atomic mass is 10.0. The van der Waals surface area contributed by atoms with Crippen molar-refractivity contribution in [1.29, 1.82) is 0 Å². The molecule has 2 aromatic rings. The fourth-order valence-corrected chi connectivity index (χ4v) is 5.87. The monoisotopic (exact) mass is 486 g/mol. The van der Waals surface area contributed by atoms with Crippen molar-refractivity contribution in [2.24, 2.45) is 5.73 Å². The van der Waals surface area contributed by atoms with Crippen LogP contribution in [0.25, 0.3) is 0 Å². The van der Waals surface area contributed by atoms with Crippen LogP contribution in [0.1, 0.15) is 5.56 Å². The number of β-lactam (4-membered cyclic amide) rings is 1. The van der Waals surface area contributed by atoms with E-state index >= 15 is 0 Å². The number of fused-ring (bicyclic) bond motifs is 1. The molecule has 172 valence electrons. The van der Waals surface area contributed by atoms with Gasteiger partial charge in [-0.15, -0.1) is 23.5 Å². The Labute approximate surface area is 200 Å². The molecule has 8 nitrogen and oxygen atoms in total. The number of carbonyl (C=O) groups excluding carboxylic acids is 2. The fraction of sp³-hybridized carbons (Fsp3) is 0.304. The summed E-state index contributed by atoms with van der Waals surface area (Å²) in [7, 11) is 3.03. The maximum atomic E-state index is 13.1. The first kappa shape index (κ1) is 23.3. The molecular weight excluding hydrogens is 462 g/mol. The molecule has 2 aliphatic rings. The highest BCUT2D eigenvalue weighted by Gasteiger charge is 2.52. The first-order valence-corrected chi connectivity index (χ1v) is 12.3. The Morgan fingerprint density at radius 2 is 1.91 bits per heavy atom. The van der Waals surface area contributed by atoms with Gasteiger partial charge in [-0.3, -0.25) is 9.69 Å². The number of rotatable bonds is 8. The Bertz CT molecular complexity index is 1100. The largest absolute Gasteiger partial charge is 0.497 e. The molecule has 0 aromatic heterocycles. The van der Waals surface area contributed by atoms with Gasteiger partial charge in [0.05, 0.1) is 7.11 Å². The van der Waals surface area contributed by atoms with Gasteiger partial charge in [0.15, 0.2) is 7.05 Å². The van der Waals surface area contributed by atoms with Crippen molar-refractivity contribution in [1.82, 2.24) is 4.90 Å². The maximum absolute atomic E-state index is 13.1. The van der Waals surface area contributed by atoms with Crippen molar-refractivity contribution < 1.29 is 23.8 Å². The van der Waals surface area contributed by atoms with Crippen LogP contribution in [0.4, 0.5) is 5.69 Å². The van der Waals surface area contributed by atoms with Gasteiger partial charge in [-0.2, -0.15) is 0 Å². The molecule has 2 unspecified atom stereocenters. The summed E-state index contributed by atoms with van der Waals surface area (Å²) in [5.41, 5.74) is 8.45. The zero-order valence-electron chi connectivity index (χ0n) is 18.2. The molecule has 2 N–H and O–H groups in total. The summed E-state index contributed by atoms with van der Waals surface area (Å²) in [4.78, 5) is 39.4. The average molecular weight is 487 g/mol. The van der Waals surface area contributed by atoms with Crippen molar-refractivity contribution in [2.45, 2.75) is 22.9 Å². The SMILES string of the molecule is COc1ccc(COC(=O)C2=C(CSc3ccc([N+](C)=O)cc3)CSC3C(N)C(=O)N23)cc1. The molecule has 0 saturated carbocycles. The summed E-state index contributed by atoms with van der Waals surface area (Å²) < 4.78 is 11.5. The average Bonchev–Trinajstić information content (AvgIpc) is 2.85. The molecule has 33 heavy (non-hydrogen) atoms. The van der Waals surface area contributed by atoms with E-state index in [1.54, 1.807) is 43.1 Å². The smallest absolute Gasteiger partial charge is 0.355 e. The summed E-state index contributed by atoms with van der Waals surface area (Å²) >= 11 is 3.09. The molecule has 0 spiro atoms. The third kappa shape index (κ3) is 4.92. The molecule has 2 atom stereocenters. The fourth-order valence-electron chi connectivity index (χ4n) is 3.54. The van der Waals surface area contributed by atoms with E-state index in [1.165, 1.54) is 23.7 Å². The molecule has 1 saturated heterocycles. The quantitative estimate of drug-likeness (QED) is 0.263. The molecule has 0 bridgehead atoms. The predicted molar refractivity (Wildman–Crippen MR) is 127 cm³/mol. The number of esters is 1. The van der Waals surface area contributed by atoms with E-state index in [-0.39, 0.29) is 17.9 Å². The lowest BCUT2D eigenvalue weighted by Gasteiger charge is -2.48. The van der Waals surface area contributed by atoms with Crippen LogP contribution in [0, 0.1) is 4.91 Å². The van der Waals surface area contributed by atoms with E-state index < -0.39 is 12.0 Å². The normalized spacial score (nSPS) is 19.6. The zero-order chi connectivity index (χ0) is 23.5. The number of benzene rings is 2. The molecule has 1 amide bonds. The summed E-state index contributed by atoms with van der Waals surface area (Å²) in [5.74, 6) is 1.01. The highest BCUT2D eigenvalue weighted by molar-refractivity contribution is 8.01. The van der Waals surface area contributed by atoms with E-state index in [1.807, 2.05) is 24.3 Å². The van der Waals surface area contributed by atoms with Crippen LogP contribution >= 0.6 is 23.5 Å². The van der Waals surface area contributed by atoms with Gasteiger partial charge in [-0.05, 0) is 35.4 Å². The highest BCUT2D eigenvalue weighted by Crippen LogP contribution is 2.41. The summed E-state index contributed by atoms with van der Waals surface area (Å²) in [6.07, 6.45) is 0. The number of ether oxygens (including phenoxy) is 2. The van der Waals surface area contributed by atoms with Crippen molar-refractivity contribution in [3.05, 3.63) is 70.3 Å². The summed E-state index contributed by atoms with van der Waals surface area (Å²) in [6.45, 7) is 0.0861. The summed E-state index contributed by atoms with van der Waals surface area (Å²) in [6, 6.07) is 13.9. The van der Waals surface area contributed by atoms with Crippen LogP contribution in [0.5, 0.6) is 5.75 Å². The molecule has 1 fully saturated rings. The number of amides is 1. The standard InChI is InChI=1S/C23H24N3O5S2/c1-25(29)16-5-9-18(10-6-16)32-12-15-13-33-22-19(24)21(27)26(22)20(15)23(28)31-11-14-3-7-17(30-2)8-4-14/h3-10,19,22H,11-13,24H2,1-2H3/q+1. The van der Waals surface area contributed by atoms with Crippen molar-refractivity contribution in [3.63, 3.8) is 0 Å². The molecule has 4 rings (SSSR count). The lowest BCUT2D eigenvalue weighted by molar-refractivity contribution is -0.428. The summed E-state index contributed by atoms with van der Waals surface area (Å²) in [5, 5.41) is -0.248. The van der Waals surface area contributed by atoms with E-state index in [0.717, 1.165) is 20.8 Å². The number of nitrogens with zero attached hydrogens (tertiary/aromatic N) is 2. The van der Waals surface area contributed by atoms with Gasteiger partial charge in [0.25, 0.3) is 5.69 Å². The van der Waals surface area contributed by atoms with Crippen LogP contribution in [0.2, 0.25) is 0 Å². The number of carbonyl (C=O) groups is 2. The molecule has 10 heteroatoms. The van der Waals surface area contributed by atoms with Crippen LogP contribution in [-0.2, 0) is 20.9 Å².